The van der Waals surface area contributed by atoms with E-state index < -0.39 is 5.97 Å². The van der Waals surface area contributed by atoms with Gasteiger partial charge in [0, 0.05) is 6.20 Å². The van der Waals surface area contributed by atoms with Crippen molar-refractivity contribution in [3.63, 3.8) is 0 Å². The van der Waals surface area contributed by atoms with E-state index in [1.165, 1.54) is 18.3 Å². The smallest absolute Gasteiger partial charge is 0.335 e. The number of hydrogen-bond acceptors (Lipinski definition) is 4. The van der Waals surface area contributed by atoms with E-state index in [-0.39, 0.29) is 18.2 Å². The van der Waals surface area contributed by atoms with Gasteiger partial charge in [0.15, 0.2) is 0 Å². The molecule has 1 atom stereocenters. The highest BCUT2D eigenvalue weighted by Gasteiger charge is 2.11. The van der Waals surface area contributed by atoms with Gasteiger partial charge in [-0.05, 0) is 17.7 Å². The van der Waals surface area contributed by atoms with Crippen LogP contribution in [0, 0.1) is 0 Å². The van der Waals surface area contributed by atoms with E-state index in [0.717, 1.165) is 5.56 Å². The third-order valence-corrected chi connectivity index (χ3v) is 2.71. The molecule has 0 fully saturated rings. The molecule has 2 aromatic rings. The van der Waals surface area contributed by atoms with E-state index in [4.69, 9.17) is 5.11 Å². The molecule has 0 spiro atoms. The van der Waals surface area contributed by atoms with Crippen molar-refractivity contribution >= 4 is 11.8 Å². The number of aliphatic hydroxyl groups excluding tert-OH is 1. The largest absolute Gasteiger partial charge is 0.478 e. The average Bonchev–Trinajstić information content (AvgIpc) is 2.46. The molecule has 1 heterocycles. The number of carboxylic acids is 1. The molecule has 2 rings (SSSR count). The quantitative estimate of drug-likeness (QED) is 0.763. The third kappa shape index (κ3) is 3.29. The SMILES string of the molecule is O=C(O)c1ccnc(NC(CO)c2ccccc2)c1. The van der Waals surface area contributed by atoms with E-state index in [0.29, 0.717) is 5.82 Å². The second-order valence-corrected chi connectivity index (χ2v) is 4.03. The summed E-state index contributed by atoms with van der Waals surface area (Å²) in [6.45, 7) is -0.108. The fourth-order valence-corrected chi connectivity index (χ4v) is 1.74. The summed E-state index contributed by atoms with van der Waals surface area (Å²) in [5.74, 6) is -0.589. The summed E-state index contributed by atoms with van der Waals surface area (Å²) in [5.41, 5.74) is 1.06. The number of aromatic carboxylic acids is 1. The number of anilines is 1. The fourth-order valence-electron chi connectivity index (χ4n) is 1.74. The van der Waals surface area contributed by atoms with E-state index in [1.807, 2.05) is 30.3 Å². The minimum absolute atomic E-state index is 0.108. The summed E-state index contributed by atoms with van der Waals surface area (Å²) < 4.78 is 0. The third-order valence-electron chi connectivity index (χ3n) is 2.71. The van der Waals surface area contributed by atoms with E-state index in [2.05, 4.69) is 10.3 Å². The zero-order valence-corrected chi connectivity index (χ0v) is 10.2. The Bertz CT molecular complexity index is 558. The number of aliphatic hydroxyl groups is 1. The Hall–Kier alpha value is -2.40. The van der Waals surface area contributed by atoms with Crippen LogP contribution in [-0.4, -0.2) is 27.8 Å². The first-order chi connectivity index (χ1) is 9.20. The standard InChI is InChI=1S/C14H14N2O3/c17-9-12(10-4-2-1-3-5-10)16-13-8-11(14(18)19)6-7-15-13/h1-8,12,17H,9H2,(H,15,16)(H,18,19). The van der Waals surface area contributed by atoms with E-state index >= 15 is 0 Å². The van der Waals surface area contributed by atoms with Crippen LogP contribution in [0.15, 0.2) is 48.7 Å². The summed E-state index contributed by atoms with van der Waals surface area (Å²) in [6, 6.07) is 11.9. The van der Waals surface area contributed by atoms with Gasteiger partial charge in [-0.2, -0.15) is 0 Å². The summed E-state index contributed by atoms with van der Waals surface area (Å²) in [7, 11) is 0. The maximum Gasteiger partial charge on any atom is 0.335 e. The molecule has 5 nitrogen and oxygen atoms in total. The first kappa shape index (κ1) is 13.0. The number of rotatable bonds is 5. The lowest BCUT2D eigenvalue weighted by Gasteiger charge is -2.17. The van der Waals surface area contributed by atoms with Crippen LogP contribution in [-0.2, 0) is 0 Å². The molecule has 0 saturated carbocycles. The first-order valence-corrected chi connectivity index (χ1v) is 5.82. The van der Waals surface area contributed by atoms with Crippen molar-refractivity contribution in [1.29, 1.82) is 0 Å². The minimum Gasteiger partial charge on any atom is -0.478 e. The van der Waals surface area contributed by atoms with Crippen LogP contribution in [0.2, 0.25) is 0 Å². The van der Waals surface area contributed by atoms with Gasteiger partial charge >= 0.3 is 5.97 Å². The van der Waals surface area contributed by atoms with Gasteiger partial charge in [0.2, 0.25) is 0 Å². The number of nitrogens with one attached hydrogen (secondary N) is 1. The molecule has 0 radical (unpaired) electrons. The first-order valence-electron chi connectivity index (χ1n) is 5.82. The Labute approximate surface area is 110 Å². The van der Waals surface area contributed by atoms with Gasteiger partial charge in [0.1, 0.15) is 5.82 Å². The molecule has 1 aromatic carbocycles. The molecular formula is C14H14N2O3. The van der Waals surface area contributed by atoms with Crippen molar-refractivity contribution in [1.82, 2.24) is 4.98 Å². The molecule has 3 N–H and O–H groups in total. The second-order valence-electron chi connectivity index (χ2n) is 4.03. The summed E-state index contributed by atoms with van der Waals surface area (Å²) in [4.78, 5) is 14.9. The van der Waals surface area contributed by atoms with Gasteiger partial charge in [-0.15, -0.1) is 0 Å². The average molecular weight is 258 g/mol. The molecule has 5 heteroatoms. The molecule has 1 aromatic heterocycles. The molecule has 19 heavy (non-hydrogen) atoms. The predicted octanol–water partition coefficient (Wildman–Crippen LogP) is 1.93. The van der Waals surface area contributed by atoms with Gasteiger partial charge in [0.25, 0.3) is 0 Å². The van der Waals surface area contributed by atoms with Gasteiger partial charge in [-0.3, -0.25) is 0 Å². The van der Waals surface area contributed by atoms with Crippen molar-refractivity contribution in [2.75, 3.05) is 11.9 Å². The number of pyridine rings is 1. The normalized spacial score (nSPS) is 11.8. The van der Waals surface area contributed by atoms with E-state index in [1.54, 1.807) is 0 Å². The van der Waals surface area contributed by atoms with Crippen molar-refractivity contribution in [2.24, 2.45) is 0 Å². The van der Waals surface area contributed by atoms with Gasteiger partial charge in [-0.1, -0.05) is 30.3 Å². The molecule has 0 bridgehead atoms. The maximum absolute atomic E-state index is 10.9. The zero-order valence-electron chi connectivity index (χ0n) is 10.2. The number of carboxylic acid groups (broad SMARTS) is 1. The lowest BCUT2D eigenvalue weighted by atomic mass is 10.1. The maximum atomic E-state index is 10.9. The molecule has 0 aliphatic rings. The molecule has 1 unspecified atom stereocenters. The zero-order chi connectivity index (χ0) is 13.7. The fraction of sp³-hybridized carbons (Fsp3) is 0.143. The van der Waals surface area contributed by atoms with Crippen molar-refractivity contribution in [3.05, 3.63) is 59.8 Å². The Morgan fingerprint density at radius 1 is 1.26 bits per heavy atom. The monoisotopic (exact) mass is 258 g/mol. The second kappa shape index (κ2) is 5.97. The Morgan fingerprint density at radius 3 is 2.63 bits per heavy atom. The Balaban J connectivity index is 2.19. The lowest BCUT2D eigenvalue weighted by molar-refractivity contribution is 0.0697. The number of benzene rings is 1. The van der Waals surface area contributed by atoms with E-state index in [9.17, 15) is 9.90 Å². The van der Waals surface area contributed by atoms with Crippen LogP contribution in [0.25, 0.3) is 0 Å². The highest BCUT2D eigenvalue weighted by Crippen LogP contribution is 2.18. The van der Waals surface area contributed by atoms with Crippen LogP contribution in [0.3, 0.4) is 0 Å². The molecule has 0 aliphatic heterocycles. The van der Waals surface area contributed by atoms with Crippen molar-refractivity contribution in [3.8, 4) is 0 Å². The van der Waals surface area contributed by atoms with Crippen molar-refractivity contribution < 1.29 is 15.0 Å². The van der Waals surface area contributed by atoms with Gasteiger partial charge in [-0.25, -0.2) is 9.78 Å². The van der Waals surface area contributed by atoms with Gasteiger partial charge < -0.3 is 15.5 Å². The van der Waals surface area contributed by atoms with Gasteiger partial charge in [0.05, 0.1) is 18.2 Å². The molecule has 0 amide bonds. The number of aromatic nitrogens is 1. The van der Waals surface area contributed by atoms with Crippen LogP contribution in [0.4, 0.5) is 5.82 Å². The predicted molar refractivity (Wildman–Crippen MR) is 71.1 cm³/mol. The molecule has 98 valence electrons. The van der Waals surface area contributed by atoms with Crippen LogP contribution >= 0.6 is 0 Å². The highest BCUT2D eigenvalue weighted by atomic mass is 16.4. The lowest BCUT2D eigenvalue weighted by Crippen LogP contribution is -2.15. The molecule has 0 aliphatic carbocycles. The molecule has 0 saturated heterocycles. The summed E-state index contributed by atoms with van der Waals surface area (Å²) in [6.07, 6.45) is 1.42. The Morgan fingerprint density at radius 2 is 2.00 bits per heavy atom. The van der Waals surface area contributed by atoms with Crippen LogP contribution < -0.4 is 5.32 Å². The summed E-state index contributed by atoms with van der Waals surface area (Å²) >= 11 is 0. The van der Waals surface area contributed by atoms with Crippen LogP contribution in [0.5, 0.6) is 0 Å². The Kier molecular flexibility index (Phi) is 4.10. The molecular weight excluding hydrogens is 244 g/mol. The number of hydrogen-bond donors (Lipinski definition) is 3. The number of carbonyl (C=O) groups is 1. The van der Waals surface area contributed by atoms with Crippen LogP contribution in [0.1, 0.15) is 22.0 Å². The summed E-state index contributed by atoms with van der Waals surface area (Å²) in [5, 5.41) is 21.3. The highest BCUT2D eigenvalue weighted by molar-refractivity contribution is 5.88. The number of nitrogens with zero attached hydrogens (tertiary/aromatic N) is 1. The topological polar surface area (TPSA) is 82.5 Å². The minimum atomic E-state index is -1.01. The van der Waals surface area contributed by atoms with Crippen molar-refractivity contribution in [2.45, 2.75) is 6.04 Å².